The number of aliphatic hydroxyl groups is 1. The van der Waals surface area contributed by atoms with Gasteiger partial charge < -0.3 is 10.0 Å². The van der Waals surface area contributed by atoms with Crippen molar-refractivity contribution in [3.63, 3.8) is 0 Å². The van der Waals surface area contributed by atoms with Gasteiger partial charge in [-0.05, 0) is 33.1 Å². The van der Waals surface area contributed by atoms with E-state index in [2.05, 4.69) is 0 Å². The summed E-state index contributed by atoms with van der Waals surface area (Å²) < 4.78 is 37.4. The summed E-state index contributed by atoms with van der Waals surface area (Å²) in [5, 5.41) is 9.27. The standard InChI is InChI=1S/C10H16F3NO2/c1-7-5-3-4-6-14(7)8(15)9(2,16)10(11,12)13/h7,16H,3-6H2,1-2H3/t7?,9-/m1/s1. The number of piperidine rings is 1. The van der Waals surface area contributed by atoms with Crippen molar-refractivity contribution in [3.8, 4) is 0 Å². The molecule has 0 spiro atoms. The molecule has 1 saturated heterocycles. The summed E-state index contributed by atoms with van der Waals surface area (Å²) in [4.78, 5) is 12.8. The summed E-state index contributed by atoms with van der Waals surface area (Å²) in [6, 6.07) is -0.241. The van der Waals surface area contributed by atoms with Gasteiger partial charge in [0.15, 0.2) is 0 Å². The first-order chi connectivity index (χ1) is 7.18. The number of hydrogen-bond donors (Lipinski definition) is 1. The van der Waals surface area contributed by atoms with Crippen LogP contribution in [-0.4, -0.2) is 40.3 Å². The Balaban J connectivity index is 2.84. The number of hydrogen-bond acceptors (Lipinski definition) is 2. The van der Waals surface area contributed by atoms with Gasteiger partial charge >= 0.3 is 6.18 Å². The van der Waals surface area contributed by atoms with Gasteiger partial charge in [0, 0.05) is 12.6 Å². The average Bonchev–Trinajstić information content (AvgIpc) is 2.15. The third-order valence-corrected chi connectivity index (χ3v) is 3.03. The molecule has 3 nitrogen and oxygen atoms in total. The highest BCUT2D eigenvalue weighted by Gasteiger charge is 2.57. The van der Waals surface area contributed by atoms with Crippen molar-refractivity contribution in [2.75, 3.05) is 6.54 Å². The van der Waals surface area contributed by atoms with E-state index < -0.39 is 17.7 Å². The fraction of sp³-hybridized carbons (Fsp3) is 0.900. The minimum atomic E-state index is -4.93. The fourth-order valence-electron chi connectivity index (χ4n) is 1.80. The molecule has 1 aliphatic rings. The molecular formula is C10H16F3NO2. The van der Waals surface area contributed by atoms with E-state index in [1.165, 1.54) is 0 Å². The Morgan fingerprint density at radius 3 is 2.38 bits per heavy atom. The van der Waals surface area contributed by atoms with Crippen molar-refractivity contribution in [1.82, 2.24) is 4.90 Å². The summed E-state index contributed by atoms with van der Waals surface area (Å²) >= 11 is 0. The number of carbonyl (C=O) groups excluding carboxylic acids is 1. The van der Waals surface area contributed by atoms with Gasteiger partial charge in [-0.1, -0.05) is 0 Å². The first-order valence-electron chi connectivity index (χ1n) is 5.28. The van der Waals surface area contributed by atoms with Crippen LogP contribution in [0, 0.1) is 0 Å². The molecule has 1 amide bonds. The van der Waals surface area contributed by atoms with Crippen LogP contribution in [0.5, 0.6) is 0 Å². The van der Waals surface area contributed by atoms with Crippen LogP contribution < -0.4 is 0 Å². The SMILES string of the molecule is CC1CCCCN1C(=O)[C@@](C)(O)C(F)(F)F. The van der Waals surface area contributed by atoms with E-state index in [1.54, 1.807) is 6.92 Å². The number of carbonyl (C=O) groups is 1. The third kappa shape index (κ3) is 2.31. The van der Waals surface area contributed by atoms with E-state index in [4.69, 9.17) is 0 Å². The Morgan fingerprint density at radius 2 is 1.94 bits per heavy atom. The largest absolute Gasteiger partial charge is 0.426 e. The molecule has 1 unspecified atom stereocenters. The third-order valence-electron chi connectivity index (χ3n) is 3.03. The Labute approximate surface area is 92.2 Å². The van der Waals surface area contributed by atoms with Crippen molar-refractivity contribution in [1.29, 1.82) is 0 Å². The highest BCUT2D eigenvalue weighted by atomic mass is 19.4. The highest BCUT2D eigenvalue weighted by molar-refractivity contribution is 5.85. The maximum Gasteiger partial charge on any atom is 0.426 e. The van der Waals surface area contributed by atoms with Crippen molar-refractivity contribution in [2.24, 2.45) is 0 Å². The number of amides is 1. The molecule has 0 aromatic carbocycles. The molecule has 1 fully saturated rings. The predicted octanol–water partition coefficient (Wildman–Crippen LogP) is 1.70. The van der Waals surface area contributed by atoms with Crippen LogP contribution in [0.25, 0.3) is 0 Å². The topological polar surface area (TPSA) is 40.5 Å². The quantitative estimate of drug-likeness (QED) is 0.756. The first-order valence-corrected chi connectivity index (χ1v) is 5.28. The Bertz CT molecular complexity index is 276. The van der Waals surface area contributed by atoms with E-state index in [1.807, 2.05) is 0 Å². The molecule has 1 N–H and O–H groups in total. The van der Waals surface area contributed by atoms with Crippen LogP contribution >= 0.6 is 0 Å². The molecule has 0 radical (unpaired) electrons. The van der Waals surface area contributed by atoms with Crippen molar-refractivity contribution < 1.29 is 23.1 Å². The van der Waals surface area contributed by atoms with Crippen LogP contribution in [0.15, 0.2) is 0 Å². The fourth-order valence-corrected chi connectivity index (χ4v) is 1.80. The van der Waals surface area contributed by atoms with E-state index >= 15 is 0 Å². The molecule has 0 aliphatic carbocycles. The molecule has 2 atom stereocenters. The summed E-state index contributed by atoms with van der Waals surface area (Å²) in [5.74, 6) is -1.24. The lowest BCUT2D eigenvalue weighted by Gasteiger charge is -2.38. The Morgan fingerprint density at radius 1 is 1.38 bits per heavy atom. The molecule has 1 heterocycles. The molecule has 16 heavy (non-hydrogen) atoms. The van der Waals surface area contributed by atoms with Gasteiger partial charge in [0.25, 0.3) is 5.91 Å². The minimum absolute atomic E-state index is 0.241. The zero-order valence-electron chi connectivity index (χ0n) is 9.34. The number of nitrogens with zero attached hydrogens (tertiary/aromatic N) is 1. The van der Waals surface area contributed by atoms with Gasteiger partial charge in [0.05, 0.1) is 0 Å². The van der Waals surface area contributed by atoms with E-state index in [9.17, 15) is 23.1 Å². The van der Waals surface area contributed by atoms with Gasteiger partial charge in [-0.2, -0.15) is 13.2 Å². The molecule has 0 bridgehead atoms. The van der Waals surface area contributed by atoms with Gasteiger partial charge in [0.2, 0.25) is 5.60 Å². The average molecular weight is 239 g/mol. The first kappa shape index (κ1) is 13.3. The maximum absolute atomic E-state index is 12.5. The van der Waals surface area contributed by atoms with Crippen LogP contribution in [0.2, 0.25) is 0 Å². The van der Waals surface area contributed by atoms with Crippen LogP contribution in [0.3, 0.4) is 0 Å². The van der Waals surface area contributed by atoms with E-state index in [0.717, 1.165) is 11.3 Å². The molecule has 94 valence electrons. The number of likely N-dealkylation sites (tertiary alicyclic amines) is 1. The molecule has 1 aliphatic heterocycles. The van der Waals surface area contributed by atoms with E-state index in [0.29, 0.717) is 19.8 Å². The monoisotopic (exact) mass is 239 g/mol. The zero-order chi connectivity index (χ0) is 12.6. The number of alkyl halides is 3. The second kappa shape index (κ2) is 4.24. The van der Waals surface area contributed by atoms with Gasteiger partial charge in [-0.15, -0.1) is 0 Å². The van der Waals surface area contributed by atoms with Crippen LogP contribution in [-0.2, 0) is 4.79 Å². The van der Waals surface area contributed by atoms with Crippen molar-refractivity contribution >= 4 is 5.91 Å². The van der Waals surface area contributed by atoms with Crippen LogP contribution in [0.4, 0.5) is 13.2 Å². The molecular weight excluding hydrogens is 223 g/mol. The highest BCUT2D eigenvalue weighted by Crippen LogP contribution is 2.33. The summed E-state index contributed by atoms with van der Waals surface area (Å²) in [6.45, 7) is 2.49. The second-order valence-corrected chi connectivity index (χ2v) is 4.41. The number of rotatable bonds is 1. The van der Waals surface area contributed by atoms with Gasteiger partial charge in [-0.25, -0.2) is 0 Å². The van der Waals surface area contributed by atoms with E-state index in [-0.39, 0.29) is 12.6 Å². The Hall–Kier alpha value is -0.780. The number of halogens is 3. The van der Waals surface area contributed by atoms with Crippen LogP contribution in [0.1, 0.15) is 33.1 Å². The van der Waals surface area contributed by atoms with Crippen molar-refractivity contribution in [3.05, 3.63) is 0 Å². The zero-order valence-corrected chi connectivity index (χ0v) is 9.34. The normalized spacial score (nSPS) is 26.4. The molecule has 0 saturated carbocycles. The molecule has 0 aromatic rings. The lowest BCUT2D eigenvalue weighted by Crippen LogP contribution is -2.58. The lowest BCUT2D eigenvalue weighted by molar-refractivity contribution is -0.251. The van der Waals surface area contributed by atoms with Gasteiger partial charge in [0.1, 0.15) is 0 Å². The Kier molecular flexibility index (Phi) is 3.52. The summed E-state index contributed by atoms with van der Waals surface area (Å²) in [6.07, 6.45) is -2.66. The lowest BCUT2D eigenvalue weighted by atomic mass is 9.98. The maximum atomic E-state index is 12.5. The minimum Gasteiger partial charge on any atom is -0.373 e. The van der Waals surface area contributed by atoms with Gasteiger partial charge in [-0.3, -0.25) is 4.79 Å². The molecule has 0 aromatic heterocycles. The molecule has 1 rings (SSSR count). The molecule has 6 heteroatoms. The van der Waals surface area contributed by atoms with Crippen molar-refractivity contribution in [2.45, 2.75) is 50.9 Å². The smallest absolute Gasteiger partial charge is 0.373 e. The second-order valence-electron chi connectivity index (χ2n) is 4.41. The summed E-state index contributed by atoms with van der Waals surface area (Å²) in [7, 11) is 0. The predicted molar refractivity (Wildman–Crippen MR) is 51.7 cm³/mol. The summed E-state index contributed by atoms with van der Waals surface area (Å²) in [5.41, 5.74) is -3.28.